The van der Waals surface area contributed by atoms with Gasteiger partial charge in [0.25, 0.3) is 0 Å². The van der Waals surface area contributed by atoms with E-state index < -0.39 is 0 Å². The number of aromatic nitrogens is 2. The molecule has 0 saturated heterocycles. The van der Waals surface area contributed by atoms with Crippen LogP contribution in [0, 0.1) is 5.92 Å². The van der Waals surface area contributed by atoms with Crippen molar-refractivity contribution in [3.63, 3.8) is 0 Å². The molecule has 17 heavy (non-hydrogen) atoms. The highest BCUT2D eigenvalue weighted by molar-refractivity contribution is 5.98. The monoisotopic (exact) mass is 239 g/mol. The van der Waals surface area contributed by atoms with E-state index in [1.165, 1.54) is 0 Å². The summed E-state index contributed by atoms with van der Waals surface area (Å²) < 4.78 is 6.89. The van der Waals surface area contributed by atoms with Crippen LogP contribution in [-0.4, -0.2) is 29.2 Å². The number of ether oxygens (including phenoxy) is 1. The Hall–Kier alpha value is -1.36. The Kier molecular flexibility index (Phi) is 4.69. The largest absolute Gasteiger partial charge is 0.493 e. The molecule has 96 valence electrons. The molecule has 2 N–H and O–H groups in total. The summed E-state index contributed by atoms with van der Waals surface area (Å²) >= 11 is 0. The Bertz CT molecular complexity index is 385. The molecule has 1 unspecified atom stereocenters. The summed E-state index contributed by atoms with van der Waals surface area (Å²) in [7, 11) is 1.55. The Morgan fingerprint density at radius 2 is 2.18 bits per heavy atom. The SMILES string of the molecule is COc1cnn(C(C)C)c1C(=O)C(C)CCN. The van der Waals surface area contributed by atoms with Gasteiger partial charge in [-0.15, -0.1) is 0 Å². The van der Waals surface area contributed by atoms with Gasteiger partial charge in [-0.05, 0) is 26.8 Å². The lowest BCUT2D eigenvalue weighted by Gasteiger charge is -2.14. The minimum absolute atomic E-state index is 0.0403. The summed E-state index contributed by atoms with van der Waals surface area (Å²) in [6, 6.07) is 0.128. The van der Waals surface area contributed by atoms with Crippen molar-refractivity contribution >= 4 is 5.78 Å². The zero-order valence-electron chi connectivity index (χ0n) is 10.9. The second kappa shape index (κ2) is 5.82. The quantitative estimate of drug-likeness (QED) is 0.766. The van der Waals surface area contributed by atoms with Crippen LogP contribution in [0.1, 0.15) is 43.7 Å². The third-order valence-corrected chi connectivity index (χ3v) is 2.75. The van der Waals surface area contributed by atoms with Gasteiger partial charge in [0.1, 0.15) is 5.69 Å². The number of nitrogens with two attached hydrogens (primary N) is 1. The van der Waals surface area contributed by atoms with Crippen molar-refractivity contribution < 1.29 is 9.53 Å². The lowest BCUT2D eigenvalue weighted by Crippen LogP contribution is -2.21. The Morgan fingerprint density at radius 1 is 1.53 bits per heavy atom. The second-order valence-electron chi connectivity index (χ2n) is 4.44. The van der Waals surface area contributed by atoms with E-state index in [2.05, 4.69) is 5.10 Å². The number of hydrogen-bond acceptors (Lipinski definition) is 4. The van der Waals surface area contributed by atoms with E-state index in [9.17, 15) is 4.79 Å². The van der Waals surface area contributed by atoms with Gasteiger partial charge < -0.3 is 10.5 Å². The van der Waals surface area contributed by atoms with Crippen molar-refractivity contribution in [3.8, 4) is 5.75 Å². The highest BCUT2D eigenvalue weighted by atomic mass is 16.5. The molecule has 1 heterocycles. The molecule has 0 fully saturated rings. The van der Waals surface area contributed by atoms with E-state index in [4.69, 9.17) is 10.5 Å². The molecule has 0 saturated carbocycles. The minimum Gasteiger partial charge on any atom is -0.493 e. The zero-order valence-corrected chi connectivity index (χ0v) is 10.9. The smallest absolute Gasteiger partial charge is 0.187 e. The number of methoxy groups -OCH3 is 1. The third kappa shape index (κ3) is 2.85. The van der Waals surface area contributed by atoms with Crippen LogP contribution in [0.5, 0.6) is 5.75 Å². The van der Waals surface area contributed by atoms with E-state index in [1.807, 2.05) is 20.8 Å². The van der Waals surface area contributed by atoms with Gasteiger partial charge in [0, 0.05) is 12.0 Å². The fraction of sp³-hybridized carbons (Fsp3) is 0.667. The summed E-state index contributed by atoms with van der Waals surface area (Å²) in [5.74, 6) is 0.467. The Balaban J connectivity index is 3.09. The van der Waals surface area contributed by atoms with Gasteiger partial charge in [0.05, 0.1) is 13.3 Å². The van der Waals surface area contributed by atoms with Crippen molar-refractivity contribution in [1.82, 2.24) is 9.78 Å². The number of hydrogen-bond donors (Lipinski definition) is 1. The van der Waals surface area contributed by atoms with Crippen LogP contribution in [0.3, 0.4) is 0 Å². The molecule has 0 aliphatic rings. The second-order valence-corrected chi connectivity index (χ2v) is 4.44. The highest BCUT2D eigenvalue weighted by Crippen LogP contribution is 2.24. The maximum absolute atomic E-state index is 12.3. The Labute approximate surface area is 102 Å². The van der Waals surface area contributed by atoms with Gasteiger partial charge in [-0.2, -0.15) is 5.10 Å². The topological polar surface area (TPSA) is 70.1 Å². The van der Waals surface area contributed by atoms with Crippen LogP contribution in [0.25, 0.3) is 0 Å². The van der Waals surface area contributed by atoms with Gasteiger partial charge >= 0.3 is 0 Å². The van der Waals surface area contributed by atoms with Gasteiger partial charge in [-0.25, -0.2) is 0 Å². The number of rotatable bonds is 6. The van der Waals surface area contributed by atoms with E-state index in [-0.39, 0.29) is 17.7 Å². The molecular weight excluding hydrogens is 218 g/mol. The van der Waals surface area contributed by atoms with Crippen LogP contribution in [-0.2, 0) is 0 Å². The first kappa shape index (κ1) is 13.7. The number of ketones is 1. The van der Waals surface area contributed by atoms with E-state index >= 15 is 0 Å². The number of nitrogens with zero attached hydrogens (tertiary/aromatic N) is 2. The molecule has 0 spiro atoms. The molecule has 1 aromatic rings. The lowest BCUT2D eigenvalue weighted by molar-refractivity contribution is 0.0909. The molecule has 0 aliphatic carbocycles. The molecule has 0 aromatic carbocycles. The van der Waals surface area contributed by atoms with Crippen molar-refractivity contribution in [1.29, 1.82) is 0 Å². The molecule has 1 atom stereocenters. The fourth-order valence-corrected chi connectivity index (χ4v) is 1.74. The number of Topliss-reactive ketones (excluding diaryl/α,β-unsaturated/α-hetero) is 1. The first-order valence-corrected chi connectivity index (χ1v) is 5.88. The van der Waals surface area contributed by atoms with Crippen LogP contribution in [0.15, 0.2) is 6.20 Å². The van der Waals surface area contributed by atoms with Crippen molar-refractivity contribution in [3.05, 3.63) is 11.9 Å². The first-order valence-electron chi connectivity index (χ1n) is 5.88. The zero-order chi connectivity index (χ0) is 13.0. The van der Waals surface area contributed by atoms with Crippen molar-refractivity contribution in [2.75, 3.05) is 13.7 Å². The van der Waals surface area contributed by atoms with E-state index in [0.29, 0.717) is 24.4 Å². The van der Waals surface area contributed by atoms with Crippen LogP contribution in [0.4, 0.5) is 0 Å². The summed E-state index contributed by atoms with van der Waals surface area (Å²) in [4.78, 5) is 12.3. The van der Waals surface area contributed by atoms with E-state index in [1.54, 1.807) is 18.0 Å². The average molecular weight is 239 g/mol. The fourth-order valence-electron chi connectivity index (χ4n) is 1.74. The molecule has 0 amide bonds. The maximum Gasteiger partial charge on any atom is 0.187 e. The van der Waals surface area contributed by atoms with Crippen LogP contribution >= 0.6 is 0 Å². The highest BCUT2D eigenvalue weighted by Gasteiger charge is 2.24. The molecule has 5 heteroatoms. The van der Waals surface area contributed by atoms with Gasteiger partial charge in [-0.3, -0.25) is 9.48 Å². The van der Waals surface area contributed by atoms with Crippen molar-refractivity contribution in [2.45, 2.75) is 33.2 Å². The van der Waals surface area contributed by atoms with Gasteiger partial charge in [0.2, 0.25) is 0 Å². The normalized spacial score (nSPS) is 12.8. The van der Waals surface area contributed by atoms with Crippen molar-refractivity contribution in [2.24, 2.45) is 11.7 Å². The Morgan fingerprint density at radius 3 is 2.65 bits per heavy atom. The molecular formula is C12H21N3O2. The summed E-state index contributed by atoms with van der Waals surface area (Å²) in [6.45, 7) is 6.35. The summed E-state index contributed by atoms with van der Waals surface area (Å²) in [5, 5.41) is 4.19. The predicted octanol–water partition coefficient (Wildman–Crippen LogP) is 1.64. The average Bonchev–Trinajstić information content (AvgIpc) is 2.71. The third-order valence-electron chi connectivity index (χ3n) is 2.75. The van der Waals surface area contributed by atoms with E-state index in [0.717, 1.165) is 0 Å². The molecule has 5 nitrogen and oxygen atoms in total. The maximum atomic E-state index is 12.3. The predicted molar refractivity (Wildman–Crippen MR) is 66.3 cm³/mol. The molecule has 0 radical (unpaired) electrons. The summed E-state index contributed by atoms with van der Waals surface area (Å²) in [5.41, 5.74) is 6.03. The summed E-state index contributed by atoms with van der Waals surface area (Å²) in [6.07, 6.45) is 2.26. The molecule has 0 aliphatic heterocycles. The standard InChI is InChI=1S/C12H21N3O2/c1-8(2)15-11(10(17-4)7-14-15)12(16)9(3)5-6-13/h7-9H,5-6,13H2,1-4H3. The van der Waals surface area contributed by atoms with Crippen LogP contribution < -0.4 is 10.5 Å². The molecule has 0 bridgehead atoms. The number of carbonyl (C=O) groups is 1. The molecule has 1 aromatic heterocycles. The lowest BCUT2D eigenvalue weighted by atomic mass is 9.99. The number of carbonyl (C=O) groups excluding carboxylic acids is 1. The van der Waals surface area contributed by atoms with Crippen LogP contribution in [0.2, 0.25) is 0 Å². The van der Waals surface area contributed by atoms with Gasteiger partial charge in [0.15, 0.2) is 11.5 Å². The first-order chi connectivity index (χ1) is 8.02. The minimum atomic E-state index is -0.108. The van der Waals surface area contributed by atoms with Gasteiger partial charge in [-0.1, -0.05) is 6.92 Å². The molecule has 1 rings (SSSR count).